The minimum atomic E-state index is 0.662. The second-order valence-corrected chi connectivity index (χ2v) is 4.83. The third-order valence-corrected chi connectivity index (χ3v) is 3.46. The summed E-state index contributed by atoms with van der Waals surface area (Å²) in [5.41, 5.74) is 6.82. The molecule has 0 saturated heterocycles. The van der Waals surface area contributed by atoms with E-state index in [4.69, 9.17) is 5.73 Å². The predicted octanol–water partition coefficient (Wildman–Crippen LogP) is 1.42. The lowest BCUT2D eigenvalue weighted by molar-refractivity contribution is 0.402. The molecule has 86 valence electrons. The number of hydrogen-bond acceptors (Lipinski definition) is 5. The monoisotopic (exact) mass is 228 g/mol. The van der Waals surface area contributed by atoms with Gasteiger partial charge >= 0.3 is 0 Å². The maximum absolute atomic E-state index is 5.72. The zero-order valence-electron chi connectivity index (χ0n) is 9.95. The standard InChI is InChI=1S/C10H20N4S/c1-8-9(11)12-15-10(8)14(4)7-5-6-13(2)3/h5-7H2,1-4H3,(H2,11,12). The Hall–Kier alpha value is -0.810. The van der Waals surface area contributed by atoms with Crippen molar-refractivity contribution in [3.05, 3.63) is 5.56 Å². The highest BCUT2D eigenvalue weighted by molar-refractivity contribution is 7.10. The molecule has 0 bridgehead atoms. The molecular weight excluding hydrogens is 208 g/mol. The van der Waals surface area contributed by atoms with Crippen LogP contribution in [0.15, 0.2) is 0 Å². The first kappa shape index (κ1) is 12.3. The molecule has 5 heteroatoms. The molecule has 4 nitrogen and oxygen atoms in total. The lowest BCUT2D eigenvalue weighted by Crippen LogP contribution is -2.23. The highest BCUT2D eigenvalue weighted by Gasteiger charge is 2.10. The van der Waals surface area contributed by atoms with E-state index >= 15 is 0 Å². The number of nitrogens with zero attached hydrogens (tertiary/aromatic N) is 3. The molecule has 1 heterocycles. The van der Waals surface area contributed by atoms with Crippen molar-refractivity contribution >= 4 is 22.4 Å². The Morgan fingerprint density at radius 1 is 1.27 bits per heavy atom. The van der Waals surface area contributed by atoms with E-state index in [9.17, 15) is 0 Å². The van der Waals surface area contributed by atoms with Crippen LogP contribution in [-0.4, -0.2) is 43.5 Å². The summed E-state index contributed by atoms with van der Waals surface area (Å²) in [5, 5.41) is 1.19. The minimum Gasteiger partial charge on any atom is -0.383 e. The molecule has 0 aromatic carbocycles. The summed E-state index contributed by atoms with van der Waals surface area (Å²) in [7, 11) is 6.28. The van der Waals surface area contributed by atoms with E-state index in [0.717, 1.165) is 25.1 Å². The van der Waals surface area contributed by atoms with E-state index < -0.39 is 0 Å². The molecule has 15 heavy (non-hydrogen) atoms. The van der Waals surface area contributed by atoms with Gasteiger partial charge in [0.15, 0.2) is 0 Å². The third kappa shape index (κ3) is 3.35. The van der Waals surface area contributed by atoms with E-state index in [0.29, 0.717) is 5.82 Å². The molecule has 0 amide bonds. The van der Waals surface area contributed by atoms with E-state index in [1.54, 1.807) is 0 Å². The first-order chi connectivity index (χ1) is 7.02. The lowest BCUT2D eigenvalue weighted by Gasteiger charge is -2.18. The fraction of sp³-hybridized carbons (Fsp3) is 0.700. The molecule has 0 aliphatic rings. The zero-order valence-corrected chi connectivity index (χ0v) is 10.8. The maximum Gasteiger partial charge on any atom is 0.142 e. The van der Waals surface area contributed by atoms with Crippen LogP contribution in [0.25, 0.3) is 0 Å². The van der Waals surface area contributed by atoms with Crippen LogP contribution in [0, 0.1) is 6.92 Å². The van der Waals surface area contributed by atoms with Crippen molar-refractivity contribution in [1.82, 2.24) is 9.27 Å². The molecule has 1 aromatic rings. The molecule has 0 saturated carbocycles. The summed E-state index contributed by atoms with van der Waals surface area (Å²) in [4.78, 5) is 4.43. The van der Waals surface area contributed by atoms with Gasteiger partial charge in [0.2, 0.25) is 0 Å². The first-order valence-electron chi connectivity index (χ1n) is 5.10. The number of rotatable bonds is 5. The Morgan fingerprint density at radius 2 is 1.93 bits per heavy atom. The van der Waals surface area contributed by atoms with E-state index in [-0.39, 0.29) is 0 Å². The van der Waals surface area contributed by atoms with Gasteiger partial charge in [0.05, 0.1) is 0 Å². The molecule has 0 unspecified atom stereocenters. The first-order valence-corrected chi connectivity index (χ1v) is 5.87. The largest absolute Gasteiger partial charge is 0.383 e. The SMILES string of the molecule is Cc1c(N)nsc1N(C)CCCN(C)C. The van der Waals surface area contributed by atoms with Crippen molar-refractivity contribution in [3.8, 4) is 0 Å². The Balaban J connectivity index is 2.47. The second kappa shape index (κ2) is 5.32. The van der Waals surface area contributed by atoms with Gasteiger partial charge in [-0.1, -0.05) is 0 Å². The summed E-state index contributed by atoms with van der Waals surface area (Å²) < 4.78 is 4.15. The van der Waals surface area contributed by atoms with Gasteiger partial charge in [-0.3, -0.25) is 0 Å². The van der Waals surface area contributed by atoms with Gasteiger partial charge in [-0.2, -0.15) is 4.37 Å². The average molecular weight is 228 g/mol. The number of aromatic nitrogens is 1. The molecule has 0 fully saturated rings. The highest BCUT2D eigenvalue weighted by atomic mass is 32.1. The molecule has 0 aliphatic carbocycles. The molecule has 0 atom stereocenters. The summed E-state index contributed by atoms with van der Waals surface area (Å²) in [6.45, 7) is 4.18. The normalized spacial score (nSPS) is 11.0. The summed E-state index contributed by atoms with van der Waals surface area (Å²) in [6, 6.07) is 0. The second-order valence-electron chi connectivity index (χ2n) is 4.08. The Bertz CT molecular complexity index is 308. The third-order valence-electron chi connectivity index (χ3n) is 2.38. The van der Waals surface area contributed by atoms with Gasteiger partial charge in [-0.05, 0) is 45.5 Å². The number of nitrogen functional groups attached to an aromatic ring is 1. The lowest BCUT2D eigenvalue weighted by atomic mass is 10.3. The molecule has 2 N–H and O–H groups in total. The van der Waals surface area contributed by atoms with Crippen LogP contribution in [0.1, 0.15) is 12.0 Å². The van der Waals surface area contributed by atoms with Gasteiger partial charge in [0.25, 0.3) is 0 Å². The van der Waals surface area contributed by atoms with Crippen LogP contribution < -0.4 is 10.6 Å². The smallest absolute Gasteiger partial charge is 0.142 e. The van der Waals surface area contributed by atoms with E-state index in [1.165, 1.54) is 16.5 Å². The van der Waals surface area contributed by atoms with Crippen LogP contribution in [0.5, 0.6) is 0 Å². The van der Waals surface area contributed by atoms with Gasteiger partial charge in [0, 0.05) is 19.2 Å². The summed E-state index contributed by atoms with van der Waals surface area (Å²) >= 11 is 1.48. The number of anilines is 2. The van der Waals surface area contributed by atoms with Crippen molar-refractivity contribution < 1.29 is 0 Å². The van der Waals surface area contributed by atoms with Crippen molar-refractivity contribution in [2.75, 3.05) is 44.9 Å². The quantitative estimate of drug-likeness (QED) is 0.828. The predicted molar refractivity (Wildman–Crippen MR) is 67.7 cm³/mol. The van der Waals surface area contributed by atoms with E-state index in [1.807, 2.05) is 6.92 Å². The van der Waals surface area contributed by atoms with Crippen molar-refractivity contribution in [1.29, 1.82) is 0 Å². The fourth-order valence-corrected chi connectivity index (χ4v) is 2.21. The number of nitrogens with two attached hydrogens (primary N) is 1. The molecule has 0 spiro atoms. The molecule has 1 aromatic heterocycles. The topological polar surface area (TPSA) is 45.4 Å². The number of hydrogen-bond donors (Lipinski definition) is 1. The fourth-order valence-electron chi connectivity index (χ4n) is 1.42. The Labute approximate surface area is 95.8 Å². The Kier molecular flexibility index (Phi) is 4.35. The van der Waals surface area contributed by atoms with Crippen LogP contribution in [-0.2, 0) is 0 Å². The molecule has 0 aliphatic heterocycles. The maximum atomic E-state index is 5.72. The highest BCUT2D eigenvalue weighted by Crippen LogP contribution is 2.28. The Morgan fingerprint density at radius 3 is 2.40 bits per heavy atom. The van der Waals surface area contributed by atoms with Gasteiger partial charge in [0.1, 0.15) is 10.8 Å². The van der Waals surface area contributed by atoms with Crippen LogP contribution in [0.3, 0.4) is 0 Å². The zero-order chi connectivity index (χ0) is 11.4. The minimum absolute atomic E-state index is 0.662. The van der Waals surface area contributed by atoms with Crippen molar-refractivity contribution in [2.24, 2.45) is 0 Å². The van der Waals surface area contributed by atoms with Crippen molar-refractivity contribution in [2.45, 2.75) is 13.3 Å². The van der Waals surface area contributed by atoms with Crippen LogP contribution in [0.4, 0.5) is 10.8 Å². The molecule has 1 rings (SSSR count). The van der Waals surface area contributed by atoms with Crippen LogP contribution in [0.2, 0.25) is 0 Å². The van der Waals surface area contributed by atoms with Gasteiger partial charge < -0.3 is 15.5 Å². The van der Waals surface area contributed by atoms with Gasteiger partial charge in [-0.25, -0.2) is 0 Å². The molecule has 0 radical (unpaired) electrons. The van der Waals surface area contributed by atoms with Crippen LogP contribution >= 0.6 is 11.5 Å². The van der Waals surface area contributed by atoms with Crippen molar-refractivity contribution in [3.63, 3.8) is 0 Å². The average Bonchev–Trinajstić information content (AvgIpc) is 2.47. The summed E-state index contributed by atoms with van der Waals surface area (Å²) in [6.07, 6.45) is 1.15. The van der Waals surface area contributed by atoms with Gasteiger partial charge in [-0.15, -0.1) is 0 Å². The molecular formula is C10H20N4S. The van der Waals surface area contributed by atoms with E-state index in [2.05, 4.69) is 35.3 Å². The summed E-state index contributed by atoms with van der Waals surface area (Å²) in [5.74, 6) is 0.662.